The van der Waals surface area contributed by atoms with Crippen LogP contribution < -0.4 is 0 Å². The molecule has 0 spiro atoms. The first-order chi connectivity index (χ1) is 15.7. The molecule has 4 heteroatoms. The molecular formula is C29H40N2O2. The molecule has 0 radical (unpaired) electrons. The van der Waals surface area contributed by atoms with Crippen LogP contribution in [0.3, 0.4) is 0 Å². The first-order valence-electron chi connectivity index (χ1n) is 12.5. The lowest BCUT2D eigenvalue weighted by atomic mass is 9.94. The topological polar surface area (TPSA) is 65.2 Å². The zero-order valence-electron chi connectivity index (χ0n) is 21.1. The van der Waals surface area contributed by atoms with Gasteiger partial charge in [0.2, 0.25) is 0 Å². The zero-order valence-corrected chi connectivity index (χ0v) is 21.1. The fourth-order valence-electron chi connectivity index (χ4n) is 4.49. The quantitative estimate of drug-likeness (QED) is 0.419. The Bertz CT molecular complexity index is 943. The van der Waals surface area contributed by atoms with Gasteiger partial charge < -0.3 is 10.2 Å². The Labute approximate surface area is 199 Å². The number of benzene rings is 2. The number of phenols is 2. The molecule has 4 nitrogen and oxygen atoms in total. The molecule has 1 aliphatic rings. The predicted octanol–water partition coefficient (Wildman–Crippen LogP) is 7.20. The molecule has 4 atom stereocenters. The van der Waals surface area contributed by atoms with Crippen molar-refractivity contribution in [3.63, 3.8) is 0 Å². The Morgan fingerprint density at radius 2 is 1.18 bits per heavy atom. The molecular weight excluding hydrogens is 408 g/mol. The zero-order chi connectivity index (χ0) is 24.1. The van der Waals surface area contributed by atoms with Gasteiger partial charge in [0.15, 0.2) is 0 Å². The molecule has 0 saturated heterocycles. The van der Waals surface area contributed by atoms with Gasteiger partial charge in [-0.1, -0.05) is 39.8 Å². The summed E-state index contributed by atoms with van der Waals surface area (Å²) in [5.74, 6) is 1.57. The van der Waals surface area contributed by atoms with Gasteiger partial charge in [-0.05, 0) is 92.2 Å². The van der Waals surface area contributed by atoms with Crippen LogP contribution in [0, 0.1) is 13.8 Å². The van der Waals surface area contributed by atoms with Crippen molar-refractivity contribution in [2.24, 2.45) is 9.98 Å². The molecule has 0 bridgehead atoms. The second-order valence-electron chi connectivity index (χ2n) is 9.85. The van der Waals surface area contributed by atoms with Crippen LogP contribution in [-0.2, 0) is 0 Å². The highest BCUT2D eigenvalue weighted by atomic mass is 16.3. The molecule has 0 amide bonds. The minimum atomic E-state index is 0.209. The van der Waals surface area contributed by atoms with Crippen LogP contribution in [-0.4, -0.2) is 34.7 Å². The van der Waals surface area contributed by atoms with Gasteiger partial charge in [-0.3, -0.25) is 9.98 Å². The summed E-state index contributed by atoms with van der Waals surface area (Å²) in [6.07, 6.45) is 8.69. The smallest absolute Gasteiger partial charge is 0.127 e. The minimum Gasteiger partial charge on any atom is -0.507 e. The number of aryl methyl sites for hydroxylation is 2. The van der Waals surface area contributed by atoms with E-state index in [1.54, 1.807) is 0 Å². The summed E-state index contributed by atoms with van der Waals surface area (Å²) in [4.78, 5) is 9.60. The molecule has 178 valence electrons. The highest BCUT2D eigenvalue weighted by Gasteiger charge is 2.23. The molecule has 0 heterocycles. The second-order valence-corrected chi connectivity index (χ2v) is 9.85. The van der Waals surface area contributed by atoms with Gasteiger partial charge in [0.1, 0.15) is 11.5 Å². The standard InChI is InChI=1S/C29H40N2O2/c1-7-18(3)22-11-20(5)28(32)24(13-22)16-30-26-9-10-27(15-26)31-17-25-14-23(19(4)8-2)12-21(6)29(25)33/h11-14,16-19,26-27,32-33H,7-10,15H2,1-6H3. The van der Waals surface area contributed by atoms with Crippen LogP contribution >= 0.6 is 0 Å². The van der Waals surface area contributed by atoms with E-state index >= 15 is 0 Å². The van der Waals surface area contributed by atoms with Gasteiger partial charge in [0, 0.05) is 23.6 Å². The minimum absolute atomic E-state index is 0.209. The molecule has 3 rings (SSSR count). The summed E-state index contributed by atoms with van der Waals surface area (Å²) in [6.45, 7) is 12.7. The van der Waals surface area contributed by atoms with Crippen LogP contribution in [0.5, 0.6) is 11.5 Å². The average Bonchev–Trinajstić information content (AvgIpc) is 3.27. The van der Waals surface area contributed by atoms with E-state index in [1.165, 1.54) is 11.1 Å². The van der Waals surface area contributed by atoms with Crippen LogP contribution in [0.1, 0.15) is 105 Å². The monoisotopic (exact) mass is 448 g/mol. The third kappa shape index (κ3) is 6.04. The van der Waals surface area contributed by atoms with E-state index in [4.69, 9.17) is 9.98 Å². The lowest BCUT2D eigenvalue weighted by Crippen LogP contribution is -2.04. The molecule has 4 unspecified atom stereocenters. The molecule has 2 aromatic carbocycles. The highest BCUT2D eigenvalue weighted by Crippen LogP contribution is 2.31. The number of rotatable bonds is 8. The summed E-state index contributed by atoms with van der Waals surface area (Å²) in [5, 5.41) is 21.0. The Morgan fingerprint density at radius 1 is 0.788 bits per heavy atom. The van der Waals surface area contributed by atoms with Crippen molar-refractivity contribution in [1.82, 2.24) is 0 Å². The molecule has 2 N–H and O–H groups in total. The fourth-order valence-corrected chi connectivity index (χ4v) is 4.49. The van der Waals surface area contributed by atoms with E-state index in [-0.39, 0.29) is 12.1 Å². The fraction of sp³-hybridized carbons (Fsp3) is 0.517. The lowest BCUT2D eigenvalue weighted by molar-refractivity contribution is 0.469. The Balaban J connectivity index is 1.70. The molecule has 1 fully saturated rings. The van der Waals surface area contributed by atoms with Crippen molar-refractivity contribution in [3.05, 3.63) is 57.6 Å². The van der Waals surface area contributed by atoms with Crippen molar-refractivity contribution < 1.29 is 10.2 Å². The molecule has 2 aromatic rings. The van der Waals surface area contributed by atoms with Crippen molar-refractivity contribution in [2.75, 3.05) is 0 Å². The number of hydrogen-bond acceptors (Lipinski definition) is 4. The normalized spacial score (nSPS) is 20.7. The summed E-state index contributed by atoms with van der Waals surface area (Å²) >= 11 is 0. The van der Waals surface area contributed by atoms with Gasteiger partial charge in [-0.2, -0.15) is 0 Å². The number of aliphatic imine (C=N–C) groups is 2. The van der Waals surface area contributed by atoms with Crippen LogP contribution in [0.2, 0.25) is 0 Å². The largest absolute Gasteiger partial charge is 0.507 e. The Kier molecular flexibility index (Phi) is 8.34. The summed E-state index contributed by atoms with van der Waals surface area (Å²) in [6, 6.07) is 8.71. The maximum atomic E-state index is 10.5. The Hall–Kier alpha value is -2.62. The maximum Gasteiger partial charge on any atom is 0.127 e. The molecule has 33 heavy (non-hydrogen) atoms. The van der Waals surface area contributed by atoms with Gasteiger partial charge in [-0.25, -0.2) is 0 Å². The third-order valence-corrected chi connectivity index (χ3v) is 7.29. The van der Waals surface area contributed by atoms with Crippen molar-refractivity contribution in [1.29, 1.82) is 0 Å². The van der Waals surface area contributed by atoms with Gasteiger partial charge in [0.25, 0.3) is 0 Å². The van der Waals surface area contributed by atoms with Gasteiger partial charge in [-0.15, -0.1) is 0 Å². The van der Waals surface area contributed by atoms with Crippen LogP contribution in [0.15, 0.2) is 34.3 Å². The lowest BCUT2D eigenvalue weighted by Gasteiger charge is -2.13. The summed E-state index contributed by atoms with van der Waals surface area (Å²) in [7, 11) is 0. The molecule has 1 saturated carbocycles. The van der Waals surface area contributed by atoms with Crippen molar-refractivity contribution in [2.45, 2.75) is 97.6 Å². The van der Waals surface area contributed by atoms with E-state index in [2.05, 4.69) is 52.0 Å². The highest BCUT2D eigenvalue weighted by molar-refractivity contribution is 5.85. The predicted molar refractivity (Wildman–Crippen MR) is 140 cm³/mol. The first kappa shape index (κ1) is 25.0. The van der Waals surface area contributed by atoms with E-state index in [9.17, 15) is 10.2 Å². The van der Waals surface area contributed by atoms with Crippen LogP contribution in [0.25, 0.3) is 0 Å². The van der Waals surface area contributed by atoms with E-state index in [1.807, 2.05) is 26.3 Å². The second kappa shape index (κ2) is 11.0. The molecule has 1 aliphatic carbocycles. The van der Waals surface area contributed by atoms with E-state index in [0.717, 1.165) is 54.4 Å². The molecule has 0 aromatic heterocycles. The summed E-state index contributed by atoms with van der Waals surface area (Å²) in [5.41, 5.74) is 5.91. The van der Waals surface area contributed by atoms with E-state index < -0.39 is 0 Å². The van der Waals surface area contributed by atoms with Gasteiger partial charge in [0.05, 0.1) is 12.1 Å². The maximum absolute atomic E-state index is 10.5. The SMILES string of the molecule is CCC(C)c1cc(C)c(O)c(C=NC2CCC(N=Cc3cc(C(C)CC)cc(C)c3O)C2)c1. The van der Waals surface area contributed by atoms with E-state index in [0.29, 0.717) is 23.3 Å². The summed E-state index contributed by atoms with van der Waals surface area (Å²) < 4.78 is 0. The Morgan fingerprint density at radius 3 is 1.55 bits per heavy atom. The average molecular weight is 449 g/mol. The first-order valence-corrected chi connectivity index (χ1v) is 12.5. The van der Waals surface area contributed by atoms with Crippen molar-refractivity contribution in [3.8, 4) is 11.5 Å². The third-order valence-electron chi connectivity index (χ3n) is 7.29. The van der Waals surface area contributed by atoms with Gasteiger partial charge >= 0.3 is 0 Å². The van der Waals surface area contributed by atoms with Crippen molar-refractivity contribution >= 4 is 12.4 Å². The number of aromatic hydroxyl groups is 2. The number of hydrogen-bond donors (Lipinski definition) is 2. The number of nitrogens with zero attached hydrogens (tertiary/aromatic N) is 2. The number of phenolic OH excluding ortho intramolecular Hbond substituents is 2. The van der Waals surface area contributed by atoms with Crippen LogP contribution in [0.4, 0.5) is 0 Å². The molecule has 0 aliphatic heterocycles.